The van der Waals surface area contributed by atoms with Crippen LogP contribution < -0.4 is 0 Å². The van der Waals surface area contributed by atoms with Crippen molar-refractivity contribution in [3.63, 3.8) is 0 Å². The van der Waals surface area contributed by atoms with Crippen LogP contribution in [0.25, 0.3) is 0 Å². The van der Waals surface area contributed by atoms with Gasteiger partial charge in [0, 0.05) is 6.54 Å². The normalized spacial score (nSPS) is 14.5. The number of hydrogen-bond donors (Lipinski definition) is 0. The minimum absolute atomic E-state index is 0.0561. The second-order valence-electron chi connectivity index (χ2n) is 3.94. The summed E-state index contributed by atoms with van der Waals surface area (Å²) in [5.41, 5.74) is 0. The first kappa shape index (κ1) is 11.7. The van der Waals surface area contributed by atoms with E-state index in [1.807, 2.05) is 12.1 Å². The minimum Gasteiger partial charge on any atom is -0.327 e. The van der Waals surface area contributed by atoms with Gasteiger partial charge in [-0.1, -0.05) is 5.92 Å². The van der Waals surface area contributed by atoms with E-state index in [0.717, 1.165) is 15.2 Å². The summed E-state index contributed by atoms with van der Waals surface area (Å²) >= 11 is 4.81. The highest BCUT2D eigenvalue weighted by molar-refractivity contribution is 9.11. The maximum Gasteiger partial charge on any atom is 0.264 e. The molecule has 0 spiro atoms. The molecule has 0 aliphatic heterocycles. The number of carbonyl (C=O) groups is 1. The monoisotopic (exact) mass is 297 g/mol. The number of thiophene rings is 1. The molecule has 0 atom stereocenters. The predicted molar refractivity (Wildman–Crippen MR) is 69.5 cm³/mol. The average molecular weight is 298 g/mol. The van der Waals surface area contributed by atoms with Gasteiger partial charge in [0.25, 0.3) is 5.91 Å². The Kier molecular flexibility index (Phi) is 3.67. The number of nitrogens with zero attached hydrogens (tertiary/aromatic N) is 1. The third-order valence-corrected chi connectivity index (χ3v) is 4.14. The highest BCUT2D eigenvalue weighted by atomic mass is 79.9. The summed E-state index contributed by atoms with van der Waals surface area (Å²) in [4.78, 5) is 14.7. The van der Waals surface area contributed by atoms with Gasteiger partial charge in [0.05, 0.1) is 15.2 Å². The van der Waals surface area contributed by atoms with Crippen LogP contribution in [0.3, 0.4) is 0 Å². The fourth-order valence-electron chi connectivity index (χ4n) is 1.53. The van der Waals surface area contributed by atoms with Gasteiger partial charge in [0.2, 0.25) is 0 Å². The Morgan fingerprint density at radius 3 is 2.88 bits per heavy atom. The van der Waals surface area contributed by atoms with Gasteiger partial charge in [-0.05, 0) is 46.8 Å². The smallest absolute Gasteiger partial charge is 0.264 e. The van der Waals surface area contributed by atoms with Gasteiger partial charge in [-0.15, -0.1) is 17.8 Å². The second-order valence-corrected chi connectivity index (χ2v) is 6.40. The van der Waals surface area contributed by atoms with Crippen LogP contribution in [-0.4, -0.2) is 23.9 Å². The van der Waals surface area contributed by atoms with Crippen molar-refractivity contribution < 1.29 is 4.79 Å². The van der Waals surface area contributed by atoms with Crippen molar-refractivity contribution in [1.82, 2.24) is 4.90 Å². The molecule has 1 aromatic heterocycles. The zero-order valence-corrected chi connectivity index (χ0v) is 11.2. The van der Waals surface area contributed by atoms with E-state index in [9.17, 15) is 4.79 Å². The number of rotatable bonds is 4. The van der Waals surface area contributed by atoms with E-state index >= 15 is 0 Å². The molecule has 1 aliphatic carbocycles. The van der Waals surface area contributed by atoms with Gasteiger partial charge in [0.1, 0.15) is 0 Å². The van der Waals surface area contributed by atoms with Crippen molar-refractivity contribution in [2.24, 2.45) is 5.92 Å². The molecule has 1 aromatic rings. The molecule has 1 amide bonds. The topological polar surface area (TPSA) is 20.3 Å². The first-order valence-electron chi connectivity index (χ1n) is 5.19. The SMILES string of the molecule is C#CCN(CC1CC1)C(=O)c1ccc(Br)s1. The van der Waals surface area contributed by atoms with Crippen molar-refractivity contribution in [2.45, 2.75) is 12.8 Å². The Morgan fingerprint density at radius 2 is 2.38 bits per heavy atom. The van der Waals surface area contributed by atoms with Crippen LogP contribution in [0.1, 0.15) is 22.5 Å². The number of terminal acetylenes is 1. The fourth-order valence-corrected chi connectivity index (χ4v) is 2.88. The van der Waals surface area contributed by atoms with Crippen LogP contribution >= 0.6 is 27.3 Å². The molecule has 0 bridgehead atoms. The van der Waals surface area contributed by atoms with Crippen molar-refractivity contribution in [3.05, 3.63) is 20.8 Å². The van der Waals surface area contributed by atoms with E-state index in [2.05, 4.69) is 21.9 Å². The third kappa shape index (κ3) is 2.87. The predicted octanol–water partition coefficient (Wildman–Crippen LogP) is 3.00. The zero-order chi connectivity index (χ0) is 11.5. The molecule has 1 aliphatic rings. The lowest BCUT2D eigenvalue weighted by atomic mass is 10.3. The molecule has 2 nitrogen and oxygen atoms in total. The molecule has 4 heteroatoms. The first-order valence-corrected chi connectivity index (χ1v) is 6.79. The van der Waals surface area contributed by atoms with Crippen LogP contribution in [0.4, 0.5) is 0 Å². The lowest BCUT2D eigenvalue weighted by Gasteiger charge is -2.18. The Morgan fingerprint density at radius 1 is 1.62 bits per heavy atom. The fraction of sp³-hybridized carbons (Fsp3) is 0.417. The highest BCUT2D eigenvalue weighted by Crippen LogP contribution is 2.31. The van der Waals surface area contributed by atoms with Crippen LogP contribution in [0.5, 0.6) is 0 Å². The summed E-state index contributed by atoms with van der Waals surface area (Å²) in [6, 6.07) is 3.73. The van der Waals surface area contributed by atoms with Gasteiger partial charge in [0.15, 0.2) is 0 Å². The Labute approximate surface area is 108 Å². The summed E-state index contributed by atoms with van der Waals surface area (Å²) in [6.07, 6.45) is 7.75. The molecule has 84 valence electrons. The van der Waals surface area contributed by atoms with Crippen molar-refractivity contribution in [2.75, 3.05) is 13.1 Å². The van der Waals surface area contributed by atoms with E-state index < -0.39 is 0 Å². The number of amides is 1. The summed E-state index contributed by atoms with van der Waals surface area (Å²) in [5, 5.41) is 0. The minimum atomic E-state index is 0.0561. The molecular formula is C12H12BrNOS. The van der Waals surface area contributed by atoms with Crippen LogP contribution in [0.2, 0.25) is 0 Å². The van der Waals surface area contributed by atoms with Crippen LogP contribution in [0, 0.1) is 18.3 Å². The average Bonchev–Trinajstić information content (AvgIpc) is 2.97. The van der Waals surface area contributed by atoms with Gasteiger partial charge in [-0.2, -0.15) is 0 Å². The molecule has 2 rings (SSSR count). The van der Waals surface area contributed by atoms with Crippen molar-refractivity contribution >= 4 is 33.2 Å². The molecule has 1 heterocycles. The number of halogens is 1. The maximum absolute atomic E-state index is 12.1. The van der Waals surface area contributed by atoms with Gasteiger partial charge >= 0.3 is 0 Å². The third-order valence-electron chi connectivity index (χ3n) is 2.53. The molecule has 0 aromatic carbocycles. The van der Waals surface area contributed by atoms with Gasteiger partial charge in [-0.3, -0.25) is 4.79 Å². The Balaban J connectivity index is 2.06. The molecule has 0 radical (unpaired) electrons. The van der Waals surface area contributed by atoms with Crippen LogP contribution in [-0.2, 0) is 0 Å². The Hall–Kier alpha value is -0.790. The Bertz CT molecular complexity index is 430. The molecule has 1 saturated carbocycles. The van der Waals surface area contributed by atoms with E-state index in [1.165, 1.54) is 24.2 Å². The molecule has 0 saturated heterocycles. The summed E-state index contributed by atoms with van der Waals surface area (Å²) in [7, 11) is 0. The zero-order valence-electron chi connectivity index (χ0n) is 8.78. The van der Waals surface area contributed by atoms with E-state index in [4.69, 9.17) is 6.42 Å². The summed E-state index contributed by atoms with van der Waals surface area (Å²) in [6.45, 7) is 1.21. The molecule has 0 N–H and O–H groups in total. The molecule has 1 fully saturated rings. The highest BCUT2D eigenvalue weighted by Gasteiger charge is 2.27. The quantitative estimate of drug-likeness (QED) is 0.783. The molecular weight excluding hydrogens is 286 g/mol. The second kappa shape index (κ2) is 5.03. The lowest BCUT2D eigenvalue weighted by molar-refractivity contribution is 0.0774. The summed E-state index contributed by atoms with van der Waals surface area (Å²) in [5.74, 6) is 3.28. The van der Waals surface area contributed by atoms with Crippen molar-refractivity contribution in [3.8, 4) is 12.3 Å². The van der Waals surface area contributed by atoms with E-state index in [1.54, 1.807) is 4.90 Å². The maximum atomic E-state index is 12.1. The lowest BCUT2D eigenvalue weighted by Crippen LogP contribution is -2.32. The van der Waals surface area contributed by atoms with Gasteiger partial charge in [-0.25, -0.2) is 0 Å². The standard InChI is InChI=1S/C12H12BrNOS/c1-2-7-14(8-9-3-4-9)12(15)10-5-6-11(13)16-10/h1,5-6,9H,3-4,7-8H2. The van der Waals surface area contributed by atoms with Gasteiger partial charge < -0.3 is 4.90 Å². The van der Waals surface area contributed by atoms with Crippen molar-refractivity contribution in [1.29, 1.82) is 0 Å². The number of carbonyl (C=O) groups excluding carboxylic acids is 1. The largest absolute Gasteiger partial charge is 0.327 e. The molecule has 0 unspecified atom stereocenters. The van der Waals surface area contributed by atoms with E-state index in [0.29, 0.717) is 12.5 Å². The first-order chi connectivity index (χ1) is 7.70. The molecule has 16 heavy (non-hydrogen) atoms. The number of hydrogen-bond acceptors (Lipinski definition) is 2. The van der Waals surface area contributed by atoms with Crippen LogP contribution in [0.15, 0.2) is 15.9 Å². The summed E-state index contributed by atoms with van der Waals surface area (Å²) < 4.78 is 0.975. The van der Waals surface area contributed by atoms with E-state index in [-0.39, 0.29) is 5.91 Å².